The van der Waals surface area contributed by atoms with Crippen molar-refractivity contribution in [2.24, 2.45) is 0 Å². The molecule has 44 heavy (non-hydrogen) atoms. The van der Waals surface area contributed by atoms with Gasteiger partial charge in [0.2, 0.25) is 0 Å². The molecule has 1 aliphatic heterocycles. The van der Waals surface area contributed by atoms with Crippen LogP contribution in [0.3, 0.4) is 0 Å². The Morgan fingerprint density at radius 2 is 1.57 bits per heavy atom. The highest BCUT2D eigenvalue weighted by Crippen LogP contribution is 2.29. The molecule has 2 unspecified atom stereocenters. The molecule has 2 atom stereocenters. The molecule has 0 aliphatic carbocycles. The van der Waals surface area contributed by atoms with E-state index in [2.05, 4.69) is 17.4 Å². The van der Waals surface area contributed by atoms with Crippen molar-refractivity contribution < 1.29 is 32.1 Å². The van der Waals surface area contributed by atoms with E-state index in [1.165, 1.54) is 5.56 Å². The van der Waals surface area contributed by atoms with Gasteiger partial charge < -0.3 is 29.0 Å². The molecule has 1 saturated heterocycles. The molecule has 3 aromatic carbocycles. The third kappa shape index (κ3) is 10.8. The summed E-state index contributed by atoms with van der Waals surface area (Å²) >= 11 is 0. The third-order valence-corrected chi connectivity index (χ3v) is 9.66. The number of rotatable bonds is 19. The summed E-state index contributed by atoms with van der Waals surface area (Å²) in [5.74, 6) is 3.16. The lowest BCUT2D eigenvalue weighted by molar-refractivity contribution is 0.00721. The standard InChI is InChI=1S/C35H47NO7S/c1-3-44(37,38)25-8-12-29-10-4-7-14-34(29)42-23-24-43-35-26-36-20-19-32(35)28-15-17-31(18-16-28)41-22-9-21-40-27-30-11-5-6-13-33(30)39-2/h4-7,10-11,13-18,32,35-36H,3,8-9,12,19-27H2,1-2H3. The average molecular weight is 626 g/mol. The van der Waals surface area contributed by atoms with Crippen LogP contribution in [0.1, 0.15) is 48.8 Å². The van der Waals surface area contributed by atoms with Crippen LogP contribution in [-0.4, -0.2) is 72.7 Å². The van der Waals surface area contributed by atoms with Crippen LogP contribution in [0.2, 0.25) is 0 Å². The summed E-state index contributed by atoms with van der Waals surface area (Å²) in [4.78, 5) is 0. The first-order valence-electron chi connectivity index (χ1n) is 15.6. The van der Waals surface area contributed by atoms with Crippen LogP contribution >= 0.6 is 0 Å². The second-order valence-electron chi connectivity index (χ2n) is 10.9. The van der Waals surface area contributed by atoms with Crippen LogP contribution in [0.15, 0.2) is 72.8 Å². The Morgan fingerprint density at radius 3 is 2.34 bits per heavy atom. The molecule has 0 bridgehead atoms. The fourth-order valence-electron chi connectivity index (χ4n) is 5.38. The van der Waals surface area contributed by atoms with Gasteiger partial charge in [-0.2, -0.15) is 0 Å². The molecular formula is C35H47NO7S. The lowest BCUT2D eigenvalue weighted by atomic mass is 9.88. The van der Waals surface area contributed by atoms with Gasteiger partial charge in [-0.05, 0) is 61.2 Å². The van der Waals surface area contributed by atoms with Gasteiger partial charge in [-0.1, -0.05) is 55.5 Å². The molecule has 0 spiro atoms. The molecule has 1 N–H and O–H groups in total. The molecule has 3 aromatic rings. The number of nitrogens with one attached hydrogen (secondary N) is 1. The highest BCUT2D eigenvalue weighted by Gasteiger charge is 2.27. The molecule has 0 saturated carbocycles. The Morgan fingerprint density at radius 1 is 0.818 bits per heavy atom. The normalized spacial score (nSPS) is 16.9. The van der Waals surface area contributed by atoms with Crippen molar-refractivity contribution in [1.29, 1.82) is 0 Å². The minimum Gasteiger partial charge on any atom is -0.496 e. The summed E-state index contributed by atoms with van der Waals surface area (Å²) in [7, 11) is -1.29. The van der Waals surface area contributed by atoms with Gasteiger partial charge in [0.15, 0.2) is 0 Å². The summed E-state index contributed by atoms with van der Waals surface area (Å²) in [6.45, 7) is 6.06. The van der Waals surface area contributed by atoms with Crippen molar-refractivity contribution in [3.63, 3.8) is 0 Å². The van der Waals surface area contributed by atoms with Gasteiger partial charge in [-0.3, -0.25) is 0 Å². The monoisotopic (exact) mass is 625 g/mol. The van der Waals surface area contributed by atoms with Crippen molar-refractivity contribution in [2.45, 2.75) is 51.2 Å². The molecule has 0 aromatic heterocycles. The van der Waals surface area contributed by atoms with Crippen LogP contribution in [0.4, 0.5) is 0 Å². The molecule has 8 nitrogen and oxygen atoms in total. The fourth-order valence-corrected chi connectivity index (χ4v) is 6.26. The van der Waals surface area contributed by atoms with Crippen LogP contribution in [-0.2, 0) is 32.3 Å². The lowest BCUT2D eigenvalue weighted by Gasteiger charge is -2.32. The zero-order chi connectivity index (χ0) is 31.0. The van der Waals surface area contributed by atoms with Crippen molar-refractivity contribution in [1.82, 2.24) is 5.32 Å². The van der Waals surface area contributed by atoms with Gasteiger partial charge in [0.05, 0.1) is 45.4 Å². The lowest BCUT2D eigenvalue weighted by Crippen LogP contribution is -2.41. The van der Waals surface area contributed by atoms with E-state index >= 15 is 0 Å². The first kappa shape index (κ1) is 33.8. The van der Waals surface area contributed by atoms with Crippen LogP contribution in [0, 0.1) is 0 Å². The second-order valence-corrected chi connectivity index (χ2v) is 13.4. The van der Waals surface area contributed by atoms with Gasteiger partial charge in [-0.15, -0.1) is 0 Å². The van der Waals surface area contributed by atoms with Crippen LogP contribution in [0.25, 0.3) is 0 Å². The summed E-state index contributed by atoms with van der Waals surface area (Å²) in [5.41, 5.74) is 3.31. The maximum atomic E-state index is 11.8. The second kappa shape index (κ2) is 18.0. The highest BCUT2D eigenvalue weighted by molar-refractivity contribution is 7.91. The van der Waals surface area contributed by atoms with Gasteiger partial charge >= 0.3 is 0 Å². The summed E-state index contributed by atoms with van der Waals surface area (Å²) in [6, 6.07) is 24.1. The van der Waals surface area contributed by atoms with Gasteiger partial charge in [0.1, 0.15) is 33.7 Å². The number of para-hydroxylation sites is 2. The highest BCUT2D eigenvalue weighted by atomic mass is 32.2. The van der Waals surface area contributed by atoms with E-state index in [1.807, 2.05) is 60.7 Å². The number of hydrogen-bond donors (Lipinski definition) is 1. The molecular weight excluding hydrogens is 578 g/mol. The number of piperidine rings is 1. The zero-order valence-corrected chi connectivity index (χ0v) is 26.9. The summed E-state index contributed by atoms with van der Waals surface area (Å²) in [5, 5.41) is 3.46. The minimum atomic E-state index is -2.97. The first-order chi connectivity index (χ1) is 21.5. The fraction of sp³-hybridized carbons (Fsp3) is 0.486. The van der Waals surface area contributed by atoms with E-state index in [0.717, 1.165) is 54.3 Å². The molecule has 240 valence electrons. The number of ether oxygens (including phenoxy) is 5. The van der Waals surface area contributed by atoms with Gasteiger partial charge in [0, 0.05) is 30.2 Å². The number of methoxy groups -OCH3 is 1. The zero-order valence-electron chi connectivity index (χ0n) is 26.0. The predicted octanol–water partition coefficient (Wildman–Crippen LogP) is 5.59. The van der Waals surface area contributed by atoms with Crippen LogP contribution in [0.5, 0.6) is 17.2 Å². The minimum absolute atomic E-state index is 0.0500. The quantitative estimate of drug-likeness (QED) is 0.173. The van der Waals surface area contributed by atoms with E-state index < -0.39 is 9.84 Å². The topological polar surface area (TPSA) is 92.3 Å². The van der Waals surface area contributed by atoms with E-state index in [9.17, 15) is 8.42 Å². The predicted molar refractivity (Wildman–Crippen MR) is 174 cm³/mol. The molecule has 1 heterocycles. The van der Waals surface area contributed by atoms with Crippen molar-refractivity contribution >= 4 is 9.84 Å². The Kier molecular flexibility index (Phi) is 13.8. The molecule has 4 rings (SSSR count). The Labute approximate surface area is 262 Å². The molecule has 9 heteroatoms. The SMILES string of the molecule is CCS(=O)(=O)CCCc1ccccc1OCCOC1CNCCC1c1ccc(OCCCOCc2ccccc2OC)cc1. The van der Waals surface area contributed by atoms with Crippen molar-refractivity contribution in [3.8, 4) is 17.2 Å². The Bertz CT molecular complexity index is 1360. The number of sulfone groups is 1. The maximum absolute atomic E-state index is 11.8. The number of benzene rings is 3. The summed E-state index contributed by atoms with van der Waals surface area (Å²) < 4.78 is 53.2. The summed E-state index contributed by atoms with van der Waals surface area (Å²) in [6.07, 6.45) is 3.11. The number of aryl methyl sites for hydroxylation is 1. The van der Waals surface area contributed by atoms with E-state index in [0.29, 0.717) is 51.8 Å². The van der Waals surface area contributed by atoms with E-state index in [1.54, 1.807) is 14.0 Å². The molecule has 1 aliphatic rings. The average Bonchev–Trinajstić information content (AvgIpc) is 3.06. The molecule has 0 radical (unpaired) electrons. The maximum Gasteiger partial charge on any atom is 0.150 e. The largest absolute Gasteiger partial charge is 0.496 e. The Balaban J connectivity index is 1.17. The van der Waals surface area contributed by atoms with Crippen molar-refractivity contribution in [3.05, 3.63) is 89.5 Å². The number of hydrogen-bond acceptors (Lipinski definition) is 8. The molecule has 1 fully saturated rings. The van der Waals surface area contributed by atoms with Crippen molar-refractivity contribution in [2.75, 3.05) is 58.1 Å². The third-order valence-electron chi connectivity index (χ3n) is 7.87. The smallest absolute Gasteiger partial charge is 0.150 e. The van der Waals surface area contributed by atoms with Crippen LogP contribution < -0.4 is 19.5 Å². The Hall–Kier alpha value is -3.11. The van der Waals surface area contributed by atoms with E-state index in [-0.39, 0.29) is 17.6 Å². The van der Waals surface area contributed by atoms with Gasteiger partial charge in [0.25, 0.3) is 0 Å². The van der Waals surface area contributed by atoms with Gasteiger partial charge in [-0.25, -0.2) is 8.42 Å². The first-order valence-corrected chi connectivity index (χ1v) is 17.5. The van der Waals surface area contributed by atoms with E-state index in [4.69, 9.17) is 23.7 Å². The molecule has 0 amide bonds.